The van der Waals surface area contributed by atoms with E-state index in [2.05, 4.69) is 26.0 Å². The molecule has 3 aliphatic rings. The molecular formula is C17H26O2. The lowest BCUT2D eigenvalue weighted by Crippen LogP contribution is -2.49. The van der Waals surface area contributed by atoms with Crippen molar-refractivity contribution in [3.05, 3.63) is 23.3 Å². The van der Waals surface area contributed by atoms with Gasteiger partial charge in [0.05, 0.1) is 0 Å². The van der Waals surface area contributed by atoms with Gasteiger partial charge in [-0.2, -0.15) is 0 Å². The van der Waals surface area contributed by atoms with Crippen LogP contribution in [0.5, 0.6) is 0 Å². The molecule has 0 aromatic heterocycles. The van der Waals surface area contributed by atoms with Crippen LogP contribution in [0.3, 0.4) is 0 Å². The number of ether oxygens (including phenoxy) is 1. The van der Waals surface area contributed by atoms with Crippen LogP contribution in [0.2, 0.25) is 0 Å². The van der Waals surface area contributed by atoms with Crippen molar-refractivity contribution in [1.29, 1.82) is 0 Å². The third kappa shape index (κ3) is 2.93. The number of hydrogen-bond acceptors (Lipinski definition) is 2. The van der Waals surface area contributed by atoms with Gasteiger partial charge in [0.1, 0.15) is 6.61 Å². The minimum atomic E-state index is -0.200. The predicted octanol–water partition coefficient (Wildman–Crippen LogP) is 4.27. The predicted molar refractivity (Wildman–Crippen MR) is 77.7 cm³/mol. The first-order valence-electron chi connectivity index (χ1n) is 7.39. The highest BCUT2D eigenvalue weighted by Gasteiger charge is 2.52. The summed E-state index contributed by atoms with van der Waals surface area (Å²) in [6, 6.07) is 0. The molecule has 3 rings (SSSR count). The molecule has 1 fully saturated rings. The summed E-state index contributed by atoms with van der Waals surface area (Å²) in [5.74, 6) is 1.51. The molecule has 2 heteroatoms. The molecule has 0 N–H and O–H groups in total. The van der Waals surface area contributed by atoms with Crippen molar-refractivity contribution in [1.82, 2.24) is 0 Å². The van der Waals surface area contributed by atoms with Crippen LogP contribution in [-0.4, -0.2) is 12.6 Å². The van der Waals surface area contributed by atoms with Gasteiger partial charge in [0.15, 0.2) is 0 Å². The lowest BCUT2D eigenvalue weighted by Gasteiger charge is -2.58. The zero-order valence-corrected chi connectivity index (χ0v) is 12.7. The van der Waals surface area contributed by atoms with Crippen molar-refractivity contribution in [3.8, 4) is 0 Å². The summed E-state index contributed by atoms with van der Waals surface area (Å²) in [5.41, 5.74) is 3.28. The highest BCUT2D eigenvalue weighted by molar-refractivity contribution is 5.66. The van der Waals surface area contributed by atoms with Gasteiger partial charge in [-0.3, -0.25) is 4.79 Å². The molecule has 19 heavy (non-hydrogen) atoms. The van der Waals surface area contributed by atoms with E-state index in [0.29, 0.717) is 12.0 Å². The number of allylic oxidation sites excluding steroid dienone is 3. The summed E-state index contributed by atoms with van der Waals surface area (Å²) in [7, 11) is 0. The molecule has 0 amide bonds. The molecular weight excluding hydrogens is 236 g/mol. The van der Waals surface area contributed by atoms with Gasteiger partial charge in [-0.25, -0.2) is 0 Å². The van der Waals surface area contributed by atoms with Crippen molar-refractivity contribution in [2.75, 3.05) is 6.61 Å². The Morgan fingerprint density at radius 1 is 1.53 bits per heavy atom. The Morgan fingerprint density at radius 2 is 2.26 bits per heavy atom. The molecule has 0 spiro atoms. The van der Waals surface area contributed by atoms with Crippen molar-refractivity contribution >= 4 is 5.97 Å². The zero-order valence-electron chi connectivity index (χ0n) is 12.7. The van der Waals surface area contributed by atoms with E-state index in [1.54, 1.807) is 5.57 Å². The van der Waals surface area contributed by atoms with Crippen LogP contribution in [0.25, 0.3) is 0 Å². The van der Waals surface area contributed by atoms with Crippen LogP contribution < -0.4 is 0 Å². The van der Waals surface area contributed by atoms with Crippen molar-refractivity contribution in [2.24, 2.45) is 17.3 Å². The number of carbonyl (C=O) groups excluding carboxylic acids is 1. The summed E-state index contributed by atoms with van der Waals surface area (Å²) in [4.78, 5) is 10.7. The third-order valence-corrected chi connectivity index (χ3v) is 5.20. The van der Waals surface area contributed by atoms with Crippen LogP contribution >= 0.6 is 0 Å². The number of rotatable bonds is 5. The number of fused-ring (bicyclic) bond motifs is 1. The largest absolute Gasteiger partial charge is 0.461 e. The van der Waals surface area contributed by atoms with E-state index in [0.717, 1.165) is 23.8 Å². The van der Waals surface area contributed by atoms with Crippen LogP contribution in [0, 0.1) is 17.3 Å². The standard InChI is InChI=1S/C17H26O2/c1-12(11-19-14(3)18)6-5-9-17(4)15-8-7-13(2)16(17)10-15/h6-7,15-16H,5,8-11H2,1-4H3/b12-6+/t15?,16?,17-/m1/s1. The molecule has 0 radical (unpaired) electrons. The Morgan fingerprint density at radius 3 is 2.84 bits per heavy atom. The highest BCUT2D eigenvalue weighted by Crippen LogP contribution is 2.61. The molecule has 106 valence electrons. The summed E-state index contributed by atoms with van der Waals surface area (Å²) in [5, 5.41) is 0. The van der Waals surface area contributed by atoms with Gasteiger partial charge in [0.25, 0.3) is 0 Å². The molecule has 2 bridgehead atoms. The van der Waals surface area contributed by atoms with Gasteiger partial charge in [-0.05, 0) is 62.4 Å². The molecule has 2 nitrogen and oxygen atoms in total. The molecule has 3 aliphatic carbocycles. The second-order valence-corrected chi connectivity index (χ2v) is 6.54. The normalized spacial score (nSPS) is 33.5. The van der Waals surface area contributed by atoms with Gasteiger partial charge in [0.2, 0.25) is 0 Å². The van der Waals surface area contributed by atoms with E-state index < -0.39 is 0 Å². The second-order valence-electron chi connectivity index (χ2n) is 6.54. The Bertz CT molecular complexity index is 419. The van der Waals surface area contributed by atoms with E-state index in [-0.39, 0.29) is 5.97 Å². The molecule has 0 heterocycles. The molecule has 0 saturated heterocycles. The maximum Gasteiger partial charge on any atom is 0.302 e. The van der Waals surface area contributed by atoms with Gasteiger partial charge in [-0.1, -0.05) is 24.6 Å². The summed E-state index contributed by atoms with van der Waals surface area (Å²) < 4.78 is 5.00. The van der Waals surface area contributed by atoms with E-state index in [4.69, 9.17) is 4.74 Å². The third-order valence-electron chi connectivity index (χ3n) is 5.20. The molecule has 0 aliphatic heterocycles. The maximum atomic E-state index is 10.7. The minimum absolute atomic E-state index is 0.200. The quantitative estimate of drug-likeness (QED) is 0.546. The molecule has 1 saturated carbocycles. The molecule has 0 aromatic carbocycles. The highest BCUT2D eigenvalue weighted by atomic mass is 16.5. The van der Waals surface area contributed by atoms with E-state index >= 15 is 0 Å². The lowest BCUT2D eigenvalue weighted by atomic mass is 9.47. The smallest absolute Gasteiger partial charge is 0.302 e. The van der Waals surface area contributed by atoms with E-state index in [9.17, 15) is 4.79 Å². The van der Waals surface area contributed by atoms with Gasteiger partial charge in [0, 0.05) is 6.92 Å². The van der Waals surface area contributed by atoms with Gasteiger partial charge in [-0.15, -0.1) is 0 Å². The number of esters is 1. The maximum absolute atomic E-state index is 10.7. The van der Waals surface area contributed by atoms with E-state index in [1.165, 1.54) is 26.2 Å². The second kappa shape index (κ2) is 5.52. The average Bonchev–Trinajstić information content (AvgIpc) is 2.35. The summed E-state index contributed by atoms with van der Waals surface area (Å²) >= 11 is 0. The number of hydrogen-bond donors (Lipinski definition) is 0. The Hall–Kier alpha value is -1.05. The van der Waals surface area contributed by atoms with Crippen molar-refractivity contribution in [3.63, 3.8) is 0 Å². The first-order valence-corrected chi connectivity index (χ1v) is 7.39. The van der Waals surface area contributed by atoms with Crippen molar-refractivity contribution in [2.45, 2.75) is 53.4 Å². The Balaban J connectivity index is 1.82. The molecule has 3 atom stereocenters. The molecule has 2 unspecified atom stereocenters. The first-order chi connectivity index (χ1) is 8.93. The SMILES string of the molecule is CC(=O)OC/C(C)=C/CC[C@]1(C)C2CC=C(C)C1C2. The summed E-state index contributed by atoms with van der Waals surface area (Å²) in [6.07, 6.45) is 9.70. The van der Waals surface area contributed by atoms with Crippen LogP contribution in [-0.2, 0) is 9.53 Å². The average molecular weight is 262 g/mol. The summed E-state index contributed by atoms with van der Waals surface area (Å²) in [6.45, 7) is 8.69. The zero-order chi connectivity index (χ0) is 14.0. The fourth-order valence-electron chi connectivity index (χ4n) is 3.77. The minimum Gasteiger partial charge on any atom is -0.461 e. The van der Waals surface area contributed by atoms with Crippen LogP contribution in [0.15, 0.2) is 23.3 Å². The Labute approximate surface area is 116 Å². The van der Waals surface area contributed by atoms with Crippen LogP contribution in [0.4, 0.5) is 0 Å². The number of carbonyl (C=O) groups is 1. The Kier molecular flexibility index (Phi) is 4.17. The lowest BCUT2D eigenvalue weighted by molar-refractivity contribution is -0.139. The fourth-order valence-corrected chi connectivity index (χ4v) is 3.77. The van der Waals surface area contributed by atoms with Gasteiger partial charge >= 0.3 is 5.97 Å². The fraction of sp³-hybridized carbons (Fsp3) is 0.706. The van der Waals surface area contributed by atoms with Crippen LogP contribution in [0.1, 0.15) is 53.4 Å². The first kappa shape index (κ1) is 14.4. The topological polar surface area (TPSA) is 26.3 Å². The molecule has 0 aromatic rings. The van der Waals surface area contributed by atoms with Gasteiger partial charge < -0.3 is 4.74 Å². The van der Waals surface area contributed by atoms with Crippen molar-refractivity contribution < 1.29 is 9.53 Å². The van der Waals surface area contributed by atoms with E-state index in [1.807, 2.05) is 6.92 Å². The monoisotopic (exact) mass is 262 g/mol.